The van der Waals surface area contributed by atoms with E-state index < -0.39 is 0 Å². The molecule has 3 nitrogen and oxygen atoms in total. The van der Waals surface area contributed by atoms with Crippen LogP contribution in [0.4, 0.5) is 0 Å². The van der Waals surface area contributed by atoms with Gasteiger partial charge in [0.05, 0.1) is 6.42 Å². The third kappa shape index (κ3) is 3.13. The molecule has 1 atom stereocenters. The Morgan fingerprint density at radius 3 is 2.89 bits per heavy atom. The molecular formula is C15H20N2OS. The van der Waals surface area contributed by atoms with Crippen LogP contribution in [0, 0.1) is 0 Å². The summed E-state index contributed by atoms with van der Waals surface area (Å²) in [6, 6.07) is 8.36. The second kappa shape index (κ2) is 6.15. The largest absolute Gasteiger partial charge is 0.361 e. The second-order valence-electron chi connectivity index (χ2n) is 4.85. The first-order chi connectivity index (χ1) is 9.13. The molecule has 0 aliphatic carbocycles. The van der Waals surface area contributed by atoms with Crippen molar-refractivity contribution < 1.29 is 4.79 Å². The maximum absolute atomic E-state index is 12.3. The Kier molecular flexibility index (Phi) is 4.53. The van der Waals surface area contributed by atoms with Crippen molar-refractivity contribution in [2.75, 3.05) is 19.1 Å². The highest BCUT2D eigenvalue weighted by atomic mass is 32.2. The van der Waals surface area contributed by atoms with Gasteiger partial charge in [-0.2, -0.15) is 11.8 Å². The van der Waals surface area contributed by atoms with Crippen molar-refractivity contribution in [2.45, 2.75) is 19.4 Å². The lowest BCUT2D eigenvalue weighted by Gasteiger charge is -2.24. The Balaban J connectivity index is 2.10. The Labute approximate surface area is 118 Å². The van der Waals surface area contributed by atoms with Crippen molar-refractivity contribution in [1.29, 1.82) is 0 Å². The molecule has 1 unspecified atom stereocenters. The quantitative estimate of drug-likeness (QED) is 0.911. The smallest absolute Gasteiger partial charge is 0.227 e. The van der Waals surface area contributed by atoms with Crippen molar-refractivity contribution in [3.05, 3.63) is 36.0 Å². The Hall–Kier alpha value is -1.42. The molecule has 102 valence electrons. The summed E-state index contributed by atoms with van der Waals surface area (Å²) < 4.78 is 0. The number of rotatable bonds is 5. The van der Waals surface area contributed by atoms with Crippen molar-refractivity contribution in [3.63, 3.8) is 0 Å². The summed E-state index contributed by atoms with van der Waals surface area (Å²) in [6.45, 7) is 2.09. The van der Waals surface area contributed by atoms with E-state index in [1.807, 2.05) is 36.3 Å². The standard InChI is InChI=1S/C15H20N2OS/c1-11(10-19-3)17(2)15(18)8-12-9-16-14-7-5-4-6-13(12)14/h4-7,9,11,16H,8,10H2,1-3H3. The van der Waals surface area contributed by atoms with Gasteiger partial charge in [0, 0.05) is 35.9 Å². The number of para-hydroxylation sites is 1. The number of nitrogens with one attached hydrogen (secondary N) is 1. The summed E-state index contributed by atoms with van der Waals surface area (Å²) in [4.78, 5) is 17.3. The lowest BCUT2D eigenvalue weighted by Crippen LogP contribution is -2.37. The lowest BCUT2D eigenvalue weighted by atomic mass is 10.1. The van der Waals surface area contributed by atoms with E-state index in [9.17, 15) is 4.79 Å². The van der Waals surface area contributed by atoms with Crippen LogP contribution >= 0.6 is 11.8 Å². The molecule has 4 heteroatoms. The SMILES string of the molecule is CSCC(C)N(C)C(=O)Cc1c[nH]c2ccccc12. The van der Waals surface area contributed by atoms with E-state index >= 15 is 0 Å². The van der Waals surface area contributed by atoms with Gasteiger partial charge in [-0.25, -0.2) is 0 Å². The number of amides is 1. The number of aromatic nitrogens is 1. The molecule has 0 radical (unpaired) electrons. The molecule has 1 N–H and O–H groups in total. The van der Waals surface area contributed by atoms with E-state index in [2.05, 4.69) is 24.2 Å². The third-order valence-corrected chi connectivity index (χ3v) is 4.29. The van der Waals surface area contributed by atoms with Crippen molar-refractivity contribution >= 4 is 28.6 Å². The van der Waals surface area contributed by atoms with Crippen LogP contribution in [0.1, 0.15) is 12.5 Å². The Bertz CT molecular complexity index is 564. The summed E-state index contributed by atoms with van der Waals surface area (Å²) in [6.07, 6.45) is 4.46. The minimum absolute atomic E-state index is 0.173. The van der Waals surface area contributed by atoms with Gasteiger partial charge < -0.3 is 9.88 Å². The van der Waals surface area contributed by atoms with Crippen LogP contribution < -0.4 is 0 Å². The van der Waals surface area contributed by atoms with Crippen molar-refractivity contribution in [1.82, 2.24) is 9.88 Å². The maximum Gasteiger partial charge on any atom is 0.227 e. The van der Waals surface area contributed by atoms with Gasteiger partial charge in [-0.1, -0.05) is 18.2 Å². The first kappa shape index (κ1) is 14.0. The molecule has 0 spiro atoms. The maximum atomic E-state index is 12.3. The number of nitrogens with zero attached hydrogens (tertiary/aromatic N) is 1. The normalized spacial score (nSPS) is 12.6. The summed E-state index contributed by atoms with van der Waals surface area (Å²) in [7, 11) is 1.89. The number of aromatic amines is 1. The van der Waals surface area contributed by atoms with Crippen molar-refractivity contribution in [3.8, 4) is 0 Å². The van der Waals surface area contributed by atoms with Gasteiger partial charge in [0.25, 0.3) is 0 Å². The minimum Gasteiger partial charge on any atom is -0.361 e. The monoisotopic (exact) mass is 276 g/mol. The predicted octanol–water partition coefficient (Wildman–Crippen LogP) is 2.92. The minimum atomic E-state index is 0.173. The molecule has 0 aliphatic heterocycles. The fourth-order valence-electron chi connectivity index (χ4n) is 2.16. The van der Waals surface area contributed by atoms with E-state index in [1.165, 1.54) is 0 Å². The molecule has 0 aliphatic rings. The van der Waals surface area contributed by atoms with E-state index in [0.29, 0.717) is 6.42 Å². The summed E-state index contributed by atoms with van der Waals surface area (Å²) in [5, 5.41) is 1.14. The molecule has 19 heavy (non-hydrogen) atoms. The number of benzene rings is 1. The molecule has 2 aromatic rings. The first-order valence-electron chi connectivity index (χ1n) is 6.43. The zero-order chi connectivity index (χ0) is 13.8. The Morgan fingerprint density at radius 1 is 1.42 bits per heavy atom. The number of carbonyl (C=O) groups excluding carboxylic acids is 1. The highest BCUT2D eigenvalue weighted by molar-refractivity contribution is 7.98. The van der Waals surface area contributed by atoms with Crippen LogP contribution in [0.25, 0.3) is 10.9 Å². The summed E-state index contributed by atoms with van der Waals surface area (Å²) in [5.74, 6) is 1.14. The Morgan fingerprint density at radius 2 is 2.16 bits per heavy atom. The second-order valence-corrected chi connectivity index (χ2v) is 5.76. The molecular weight excluding hydrogens is 256 g/mol. The van der Waals surface area contributed by atoms with Crippen LogP contribution in [0.5, 0.6) is 0 Å². The molecule has 0 bridgehead atoms. The van der Waals surface area contributed by atoms with Gasteiger partial charge in [-0.15, -0.1) is 0 Å². The van der Waals surface area contributed by atoms with Gasteiger partial charge in [0.15, 0.2) is 0 Å². The zero-order valence-corrected chi connectivity index (χ0v) is 12.5. The van der Waals surface area contributed by atoms with Gasteiger partial charge in [0.2, 0.25) is 5.91 Å². The lowest BCUT2D eigenvalue weighted by molar-refractivity contribution is -0.130. The average Bonchev–Trinajstić information content (AvgIpc) is 2.81. The highest BCUT2D eigenvalue weighted by Crippen LogP contribution is 2.19. The molecule has 1 aromatic carbocycles. The van der Waals surface area contributed by atoms with E-state index in [-0.39, 0.29) is 11.9 Å². The summed E-state index contributed by atoms with van der Waals surface area (Å²) in [5.41, 5.74) is 2.16. The third-order valence-electron chi connectivity index (χ3n) is 3.48. The highest BCUT2D eigenvalue weighted by Gasteiger charge is 2.17. The molecule has 0 saturated carbocycles. The molecule has 0 saturated heterocycles. The zero-order valence-electron chi connectivity index (χ0n) is 11.6. The van der Waals surface area contributed by atoms with Crippen LogP contribution in [0.3, 0.4) is 0 Å². The van der Waals surface area contributed by atoms with Crippen LogP contribution in [-0.4, -0.2) is 40.9 Å². The number of fused-ring (bicyclic) bond motifs is 1. The number of carbonyl (C=O) groups is 1. The number of thioether (sulfide) groups is 1. The molecule has 1 amide bonds. The van der Waals surface area contributed by atoms with Crippen LogP contribution in [0.2, 0.25) is 0 Å². The fraction of sp³-hybridized carbons (Fsp3) is 0.400. The fourth-order valence-corrected chi connectivity index (χ4v) is 2.87. The van der Waals surface area contributed by atoms with Crippen LogP contribution in [-0.2, 0) is 11.2 Å². The van der Waals surface area contributed by atoms with E-state index in [0.717, 1.165) is 22.2 Å². The van der Waals surface area contributed by atoms with E-state index in [4.69, 9.17) is 0 Å². The van der Waals surface area contributed by atoms with E-state index in [1.54, 1.807) is 11.8 Å². The molecule has 0 fully saturated rings. The molecule has 2 rings (SSSR count). The van der Waals surface area contributed by atoms with Gasteiger partial charge in [-0.05, 0) is 24.8 Å². The number of hydrogen-bond acceptors (Lipinski definition) is 2. The number of hydrogen-bond donors (Lipinski definition) is 1. The molecule has 1 aromatic heterocycles. The van der Waals surface area contributed by atoms with Crippen LogP contribution in [0.15, 0.2) is 30.5 Å². The topological polar surface area (TPSA) is 36.1 Å². The van der Waals surface area contributed by atoms with Gasteiger partial charge >= 0.3 is 0 Å². The average molecular weight is 276 g/mol. The van der Waals surface area contributed by atoms with Crippen molar-refractivity contribution in [2.24, 2.45) is 0 Å². The predicted molar refractivity (Wildman–Crippen MR) is 82.6 cm³/mol. The number of likely N-dealkylation sites (N-methyl/N-ethyl adjacent to an activating group) is 1. The first-order valence-corrected chi connectivity index (χ1v) is 7.82. The van der Waals surface area contributed by atoms with Gasteiger partial charge in [0.1, 0.15) is 0 Å². The summed E-state index contributed by atoms with van der Waals surface area (Å²) >= 11 is 1.77. The number of H-pyrrole nitrogens is 1. The molecule has 1 heterocycles. The van der Waals surface area contributed by atoms with Gasteiger partial charge in [-0.3, -0.25) is 4.79 Å².